The average Bonchev–Trinajstić information content (AvgIpc) is 1.69. The van der Waals surface area contributed by atoms with Gasteiger partial charge in [0.2, 0.25) is 0 Å². The highest BCUT2D eigenvalue weighted by molar-refractivity contribution is 4.74. The van der Waals surface area contributed by atoms with Crippen LogP contribution < -0.4 is 4.90 Å². The summed E-state index contributed by atoms with van der Waals surface area (Å²) in [5, 5.41) is 0. The highest BCUT2D eigenvalue weighted by Gasteiger charge is 1.99. The molecule has 7 heavy (non-hydrogen) atoms. The van der Waals surface area contributed by atoms with E-state index in [0.29, 0.717) is 0 Å². The minimum atomic E-state index is 1.29. The molecule has 1 atom stereocenters. The van der Waals surface area contributed by atoms with Crippen molar-refractivity contribution in [3.05, 3.63) is 12.3 Å². The summed E-state index contributed by atoms with van der Waals surface area (Å²) in [6.07, 6.45) is 7.13. The van der Waals surface area contributed by atoms with Crippen molar-refractivity contribution >= 4 is 0 Å². The Morgan fingerprint density at radius 3 is 2.71 bits per heavy atom. The van der Waals surface area contributed by atoms with Crippen LogP contribution in [0.3, 0.4) is 0 Å². The predicted molar refractivity (Wildman–Crippen MR) is 30.1 cm³/mol. The second-order valence-electron chi connectivity index (χ2n) is 2.14. The number of nitrogens with one attached hydrogen (secondary N) is 1. The molecule has 0 aromatic carbocycles. The largest absolute Gasteiger partial charge is 0.311 e. The normalized spacial score (nSPS) is 30.7. The molecule has 0 aliphatic carbocycles. The van der Waals surface area contributed by atoms with Gasteiger partial charge in [0.05, 0.1) is 19.8 Å². The van der Waals surface area contributed by atoms with Crippen LogP contribution in [-0.2, 0) is 0 Å². The first-order valence-electron chi connectivity index (χ1n) is 2.88. The van der Waals surface area contributed by atoms with Crippen LogP contribution in [0.15, 0.2) is 12.3 Å². The Hall–Kier alpha value is -0.300. The smallest absolute Gasteiger partial charge is 0.0899 e. The quantitative estimate of drug-likeness (QED) is 0.428. The zero-order chi connectivity index (χ0) is 5.11. The Morgan fingerprint density at radius 2 is 2.43 bits per heavy atom. The van der Waals surface area contributed by atoms with E-state index in [9.17, 15) is 0 Å². The average molecular weight is 98.2 g/mol. The minimum absolute atomic E-state index is 1.29. The van der Waals surface area contributed by atoms with Crippen LogP contribution in [0.5, 0.6) is 0 Å². The van der Waals surface area contributed by atoms with Gasteiger partial charge in [0.25, 0.3) is 0 Å². The zero-order valence-corrected chi connectivity index (χ0v) is 4.78. The number of hydrogen-bond donors (Lipinski definition) is 1. The molecule has 0 aromatic rings. The van der Waals surface area contributed by atoms with Gasteiger partial charge in [-0.1, -0.05) is 0 Å². The van der Waals surface area contributed by atoms with Crippen molar-refractivity contribution in [1.82, 2.24) is 0 Å². The van der Waals surface area contributed by atoms with Gasteiger partial charge in [-0.05, 0) is 12.5 Å². The summed E-state index contributed by atoms with van der Waals surface area (Å²) < 4.78 is 0. The highest BCUT2D eigenvalue weighted by Crippen LogP contribution is 1.88. The minimum Gasteiger partial charge on any atom is -0.311 e. The van der Waals surface area contributed by atoms with Crippen molar-refractivity contribution < 1.29 is 4.90 Å². The lowest BCUT2D eigenvalue weighted by Crippen LogP contribution is -3.04. The lowest BCUT2D eigenvalue weighted by Gasteiger charge is -2.10. The molecule has 1 aliphatic heterocycles. The molecule has 1 heterocycles. The molecule has 0 saturated carbocycles. The number of quaternary nitrogens is 1. The molecule has 1 nitrogen and oxygen atoms in total. The van der Waals surface area contributed by atoms with Crippen LogP contribution >= 0.6 is 0 Å². The van der Waals surface area contributed by atoms with Gasteiger partial charge in [-0.25, -0.2) is 0 Å². The van der Waals surface area contributed by atoms with Gasteiger partial charge in [0.15, 0.2) is 0 Å². The van der Waals surface area contributed by atoms with Gasteiger partial charge in [0, 0.05) is 6.42 Å². The molecule has 40 valence electrons. The van der Waals surface area contributed by atoms with Crippen molar-refractivity contribution in [1.29, 1.82) is 0 Å². The number of rotatable bonds is 0. The fraction of sp³-hybridized carbons (Fsp3) is 0.667. The van der Waals surface area contributed by atoms with Crippen LogP contribution in [0.2, 0.25) is 0 Å². The fourth-order valence-corrected chi connectivity index (χ4v) is 0.867. The maximum absolute atomic E-state index is 2.25. The first-order valence-corrected chi connectivity index (χ1v) is 2.88. The van der Waals surface area contributed by atoms with E-state index in [1.165, 1.54) is 24.3 Å². The Balaban J connectivity index is 2.36. The molecule has 0 spiro atoms. The van der Waals surface area contributed by atoms with E-state index in [-0.39, 0.29) is 0 Å². The fourth-order valence-electron chi connectivity index (χ4n) is 0.867. The Bertz CT molecular complexity index is 76.2. The van der Waals surface area contributed by atoms with Crippen molar-refractivity contribution in [3.8, 4) is 0 Å². The molecule has 1 aliphatic rings. The van der Waals surface area contributed by atoms with Crippen molar-refractivity contribution in [2.45, 2.75) is 12.8 Å². The summed E-state index contributed by atoms with van der Waals surface area (Å²) in [5.74, 6) is 0. The van der Waals surface area contributed by atoms with Gasteiger partial charge in [-0.3, -0.25) is 0 Å². The van der Waals surface area contributed by atoms with E-state index in [4.69, 9.17) is 0 Å². The summed E-state index contributed by atoms with van der Waals surface area (Å²) in [7, 11) is 2.19. The number of allylic oxidation sites excluding steroid dienone is 1. The highest BCUT2D eigenvalue weighted by atomic mass is 15.1. The van der Waals surface area contributed by atoms with Crippen LogP contribution in [0.4, 0.5) is 0 Å². The lowest BCUT2D eigenvalue weighted by molar-refractivity contribution is -0.827. The number of hydrogen-bond acceptors (Lipinski definition) is 0. The van der Waals surface area contributed by atoms with E-state index in [0.717, 1.165) is 0 Å². The predicted octanol–water partition coefficient (Wildman–Crippen LogP) is -0.191. The molecule has 1 rings (SSSR count). The topological polar surface area (TPSA) is 4.44 Å². The van der Waals surface area contributed by atoms with Crippen LogP contribution in [0, 0.1) is 0 Å². The maximum Gasteiger partial charge on any atom is 0.0899 e. The molecule has 0 bridgehead atoms. The summed E-state index contributed by atoms with van der Waals surface area (Å²) >= 11 is 0. The van der Waals surface area contributed by atoms with Gasteiger partial charge in [0.1, 0.15) is 0 Å². The summed E-state index contributed by atoms with van der Waals surface area (Å²) in [6, 6.07) is 0. The molecule has 1 N–H and O–H groups in total. The van der Waals surface area contributed by atoms with Gasteiger partial charge in [-0.15, -0.1) is 0 Å². The first-order chi connectivity index (χ1) is 3.39. The second kappa shape index (κ2) is 2.12. The molecule has 0 aromatic heterocycles. The van der Waals surface area contributed by atoms with Crippen molar-refractivity contribution in [2.75, 3.05) is 13.6 Å². The van der Waals surface area contributed by atoms with Gasteiger partial charge < -0.3 is 4.90 Å². The molecule has 1 unspecified atom stereocenters. The Labute approximate surface area is 44.6 Å². The first kappa shape index (κ1) is 4.85. The lowest BCUT2D eigenvalue weighted by atomic mass is 10.2. The molecule has 0 fully saturated rings. The molecule has 1 heteroatoms. The van der Waals surface area contributed by atoms with Gasteiger partial charge in [-0.2, -0.15) is 0 Å². The molecule has 0 radical (unpaired) electrons. The monoisotopic (exact) mass is 98.1 g/mol. The summed E-state index contributed by atoms with van der Waals surface area (Å²) in [4.78, 5) is 1.53. The summed E-state index contributed by atoms with van der Waals surface area (Å²) in [5.41, 5.74) is 0. The Morgan fingerprint density at radius 1 is 1.57 bits per heavy atom. The Kier molecular flexibility index (Phi) is 1.47. The SMILES string of the molecule is C[NH+]1C=CCCC1. The standard InChI is InChI=1S/C6H11N/c1-7-5-3-2-4-6-7/h3,5H,2,4,6H2,1H3/p+1. The van der Waals surface area contributed by atoms with Crippen LogP contribution in [0.1, 0.15) is 12.8 Å². The van der Waals surface area contributed by atoms with E-state index in [2.05, 4.69) is 19.3 Å². The van der Waals surface area contributed by atoms with Crippen molar-refractivity contribution in [2.24, 2.45) is 0 Å². The molecular formula is C6H12N+. The van der Waals surface area contributed by atoms with Crippen LogP contribution in [0.25, 0.3) is 0 Å². The van der Waals surface area contributed by atoms with E-state index < -0.39 is 0 Å². The molecule has 0 amide bonds. The van der Waals surface area contributed by atoms with Crippen LogP contribution in [-0.4, -0.2) is 13.6 Å². The zero-order valence-electron chi connectivity index (χ0n) is 4.78. The van der Waals surface area contributed by atoms with E-state index >= 15 is 0 Å². The van der Waals surface area contributed by atoms with Crippen molar-refractivity contribution in [3.63, 3.8) is 0 Å². The maximum atomic E-state index is 2.25. The summed E-state index contributed by atoms with van der Waals surface area (Å²) in [6.45, 7) is 1.32. The second-order valence-corrected chi connectivity index (χ2v) is 2.14. The molecular weight excluding hydrogens is 86.1 g/mol. The third-order valence-corrected chi connectivity index (χ3v) is 1.34. The third-order valence-electron chi connectivity index (χ3n) is 1.34. The molecule has 0 saturated heterocycles. The third kappa shape index (κ3) is 1.32. The van der Waals surface area contributed by atoms with E-state index in [1.54, 1.807) is 0 Å². The van der Waals surface area contributed by atoms with E-state index in [1.807, 2.05) is 0 Å². The van der Waals surface area contributed by atoms with Gasteiger partial charge >= 0.3 is 0 Å².